The minimum Gasteiger partial charge on any atom is -0.495 e. The van der Waals surface area contributed by atoms with Crippen molar-refractivity contribution in [3.8, 4) is 5.75 Å². The van der Waals surface area contributed by atoms with Gasteiger partial charge in [-0.05, 0) is 13.1 Å². The van der Waals surface area contributed by atoms with Crippen molar-refractivity contribution in [2.75, 3.05) is 20.7 Å². The van der Waals surface area contributed by atoms with Gasteiger partial charge in [-0.15, -0.1) is 0 Å². The molecule has 1 aromatic carbocycles. The van der Waals surface area contributed by atoms with E-state index < -0.39 is 6.10 Å². The number of methoxy groups -OCH3 is 1. The quantitative estimate of drug-likeness (QED) is 0.861. The summed E-state index contributed by atoms with van der Waals surface area (Å²) in [5.74, 6) is 0.502. The monoisotopic (exact) mass is 249 g/mol. The molecule has 3 nitrogen and oxygen atoms in total. The predicted molar refractivity (Wildman–Crippen MR) is 61.9 cm³/mol. The molecule has 0 saturated heterocycles. The molecule has 0 fully saturated rings. The van der Waals surface area contributed by atoms with Crippen molar-refractivity contribution in [3.05, 3.63) is 27.7 Å². The Labute approximate surface area is 99.0 Å². The summed E-state index contributed by atoms with van der Waals surface area (Å²) < 4.78 is 5.01. The van der Waals surface area contributed by atoms with E-state index in [1.807, 2.05) is 0 Å². The van der Waals surface area contributed by atoms with E-state index in [4.69, 9.17) is 27.9 Å². The summed E-state index contributed by atoms with van der Waals surface area (Å²) in [5.41, 5.74) is 0.594. The second kappa shape index (κ2) is 5.56. The molecule has 0 radical (unpaired) electrons. The van der Waals surface area contributed by atoms with Crippen molar-refractivity contribution < 1.29 is 9.84 Å². The first-order valence-electron chi connectivity index (χ1n) is 4.45. The van der Waals surface area contributed by atoms with Crippen molar-refractivity contribution in [1.29, 1.82) is 0 Å². The van der Waals surface area contributed by atoms with Gasteiger partial charge in [0.05, 0.1) is 23.3 Å². The molecule has 0 aliphatic rings. The van der Waals surface area contributed by atoms with E-state index >= 15 is 0 Å². The van der Waals surface area contributed by atoms with Gasteiger partial charge in [-0.1, -0.05) is 23.2 Å². The molecule has 0 amide bonds. The number of aliphatic hydroxyl groups excluding tert-OH is 1. The largest absolute Gasteiger partial charge is 0.495 e. The lowest BCUT2D eigenvalue weighted by Gasteiger charge is -2.14. The molecule has 5 heteroatoms. The van der Waals surface area contributed by atoms with Crippen LogP contribution in [-0.4, -0.2) is 25.8 Å². The van der Waals surface area contributed by atoms with Crippen molar-refractivity contribution in [2.45, 2.75) is 6.10 Å². The van der Waals surface area contributed by atoms with Crippen molar-refractivity contribution in [2.24, 2.45) is 0 Å². The molecule has 15 heavy (non-hydrogen) atoms. The van der Waals surface area contributed by atoms with Gasteiger partial charge in [-0.25, -0.2) is 0 Å². The Morgan fingerprint density at radius 3 is 2.60 bits per heavy atom. The zero-order valence-electron chi connectivity index (χ0n) is 8.55. The summed E-state index contributed by atoms with van der Waals surface area (Å²) >= 11 is 11.9. The molecule has 1 unspecified atom stereocenters. The molecule has 0 aliphatic heterocycles. The van der Waals surface area contributed by atoms with Crippen LogP contribution in [0.4, 0.5) is 0 Å². The zero-order valence-corrected chi connectivity index (χ0v) is 10.1. The average Bonchev–Trinajstić information content (AvgIpc) is 2.21. The van der Waals surface area contributed by atoms with Gasteiger partial charge in [0.1, 0.15) is 5.75 Å². The fourth-order valence-corrected chi connectivity index (χ4v) is 1.79. The molecular formula is C10H13Cl2NO2. The highest BCUT2D eigenvalue weighted by Gasteiger charge is 2.14. The molecule has 0 aromatic heterocycles. The van der Waals surface area contributed by atoms with Crippen molar-refractivity contribution >= 4 is 23.2 Å². The second-order valence-corrected chi connectivity index (χ2v) is 3.90. The van der Waals surface area contributed by atoms with Gasteiger partial charge in [0.25, 0.3) is 0 Å². The number of rotatable bonds is 4. The maximum Gasteiger partial charge on any atom is 0.138 e. The number of nitrogens with one attached hydrogen (secondary N) is 1. The van der Waals surface area contributed by atoms with E-state index in [-0.39, 0.29) is 0 Å². The van der Waals surface area contributed by atoms with Crippen LogP contribution in [0.25, 0.3) is 0 Å². The zero-order chi connectivity index (χ0) is 11.4. The summed E-state index contributed by atoms with van der Waals surface area (Å²) in [6, 6.07) is 3.21. The second-order valence-electron chi connectivity index (χ2n) is 3.08. The summed E-state index contributed by atoms with van der Waals surface area (Å²) in [4.78, 5) is 0. The number of ether oxygens (including phenoxy) is 1. The number of hydrogen-bond donors (Lipinski definition) is 2. The molecular weight excluding hydrogens is 237 g/mol. The van der Waals surface area contributed by atoms with Crippen LogP contribution in [-0.2, 0) is 0 Å². The van der Waals surface area contributed by atoms with Gasteiger partial charge in [-0.2, -0.15) is 0 Å². The molecule has 0 saturated carbocycles. The van der Waals surface area contributed by atoms with E-state index in [0.717, 1.165) is 0 Å². The SMILES string of the molecule is CNCC(O)c1cc(Cl)c(OC)cc1Cl. The highest BCUT2D eigenvalue weighted by Crippen LogP contribution is 2.33. The number of aliphatic hydroxyl groups is 1. The minimum absolute atomic E-state index is 0.419. The van der Waals surface area contributed by atoms with Crippen LogP contribution in [0.2, 0.25) is 10.0 Å². The lowest BCUT2D eigenvalue weighted by atomic mass is 10.1. The Morgan fingerprint density at radius 1 is 1.40 bits per heavy atom. The maximum atomic E-state index is 9.74. The molecule has 84 valence electrons. The molecule has 0 bridgehead atoms. The molecule has 1 atom stereocenters. The molecule has 0 heterocycles. The first kappa shape index (κ1) is 12.6. The van der Waals surface area contributed by atoms with Crippen LogP contribution in [0.15, 0.2) is 12.1 Å². The fourth-order valence-electron chi connectivity index (χ4n) is 1.26. The number of likely N-dealkylation sites (N-methyl/N-ethyl adjacent to an activating group) is 1. The van der Waals surface area contributed by atoms with E-state index in [0.29, 0.717) is 27.9 Å². The molecule has 2 N–H and O–H groups in total. The molecule has 0 aliphatic carbocycles. The van der Waals surface area contributed by atoms with Gasteiger partial charge in [-0.3, -0.25) is 0 Å². The minimum atomic E-state index is -0.675. The first-order valence-corrected chi connectivity index (χ1v) is 5.21. The van der Waals surface area contributed by atoms with Crippen LogP contribution in [0, 0.1) is 0 Å². The Kier molecular flexibility index (Phi) is 4.67. The van der Waals surface area contributed by atoms with E-state index in [1.165, 1.54) is 7.11 Å². The molecule has 1 aromatic rings. The summed E-state index contributed by atoms with van der Waals surface area (Å²) in [6.45, 7) is 0.419. The number of hydrogen-bond acceptors (Lipinski definition) is 3. The van der Waals surface area contributed by atoms with Crippen LogP contribution < -0.4 is 10.1 Å². The summed E-state index contributed by atoms with van der Waals surface area (Å²) in [5, 5.41) is 13.5. The Morgan fingerprint density at radius 2 is 2.07 bits per heavy atom. The first-order chi connectivity index (χ1) is 7.10. The number of benzene rings is 1. The van der Waals surface area contributed by atoms with Gasteiger partial charge < -0.3 is 15.2 Å². The maximum absolute atomic E-state index is 9.74. The summed E-state index contributed by atoms with van der Waals surface area (Å²) in [6.07, 6.45) is -0.675. The third-order valence-electron chi connectivity index (χ3n) is 2.03. The van der Waals surface area contributed by atoms with Crippen LogP contribution >= 0.6 is 23.2 Å². The van der Waals surface area contributed by atoms with Gasteiger partial charge >= 0.3 is 0 Å². The lowest BCUT2D eigenvalue weighted by Crippen LogP contribution is -2.17. The van der Waals surface area contributed by atoms with E-state index in [9.17, 15) is 5.11 Å². The van der Waals surface area contributed by atoms with Gasteiger partial charge in [0.2, 0.25) is 0 Å². The van der Waals surface area contributed by atoms with Crippen LogP contribution in [0.3, 0.4) is 0 Å². The lowest BCUT2D eigenvalue weighted by molar-refractivity contribution is 0.178. The standard InChI is InChI=1S/C10H13Cl2NO2/c1-13-5-9(14)6-3-8(12)10(15-2)4-7(6)11/h3-4,9,13-14H,5H2,1-2H3. The average molecular weight is 250 g/mol. The Balaban J connectivity index is 3.04. The highest BCUT2D eigenvalue weighted by molar-refractivity contribution is 6.34. The highest BCUT2D eigenvalue weighted by atomic mass is 35.5. The molecule has 1 rings (SSSR count). The van der Waals surface area contributed by atoms with Crippen LogP contribution in [0.1, 0.15) is 11.7 Å². The Hall–Kier alpha value is -0.480. The fraction of sp³-hybridized carbons (Fsp3) is 0.400. The third-order valence-corrected chi connectivity index (χ3v) is 2.65. The predicted octanol–water partition coefficient (Wildman–Crippen LogP) is 2.25. The van der Waals surface area contributed by atoms with Crippen molar-refractivity contribution in [1.82, 2.24) is 5.32 Å². The summed E-state index contributed by atoms with van der Waals surface area (Å²) in [7, 11) is 3.27. The van der Waals surface area contributed by atoms with Crippen molar-refractivity contribution in [3.63, 3.8) is 0 Å². The topological polar surface area (TPSA) is 41.5 Å². The number of halogens is 2. The smallest absolute Gasteiger partial charge is 0.138 e. The Bertz CT molecular complexity index is 344. The normalized spacial score (nSPS) is 12.6. The third kappa shape index (κ3) is 2.98. The molecule has 0 spiro atoms. The van der Waals surface area contributed by atoms with Gasteiger partial charge in [0, 0.05) is 18.2 Å². The van der Waals surface area contributed by atoms with Crippen LogP contribution in [0.5, 0.6) is 5.75 Å². The van der Waals surface area contributed by atoms with E-state index in [1.54, 1.807) is 19.2 Å². The van der Waals surface area contributed by atoms with E-state index in [2.05, 4.69) is 5.32 Å². The van der Waals surface area contributed by atoms with Gasteiger partial charge in [0.15, 0.2) is 0 Å².